The minimum atomic E-state index is -0.410. The van der Waals surface area contributed by atoms with E-state index in [1.807, 2.05) is 41.8 Å². The molecule has 0 bridgehead atoms. The van der Waals surface area contributed by atoms with Gasteiger partial charge in [-0.15, -0.1) is 11.3 Å². The molecule has 1 aliphatic carbocycles. The fourth-order valence-corrected chi connectivity index (χ4v) is 4.59. The van der Waals surface area contributed by atoms with Gasteiger partial charge in [-0.05, 0) is 35.4 Å². The third-order valence-electron chi connectivity index (χ3n) is 5.07. The van der Waals surface area contributed by atoms with E-state index in [0.29, 0.717) is 12.4 Å². The molecule has 25 heavy (non-hydrogen) atoms. The summed E-state index contributed by atoms with van der Waals surface area (Å²) in [6.45, 7) is 4.67. The van der Waals surface area contributed by atoms with Gasteiger partial charge < -0.3 is 9.73 Å². The van der Waals surface area contributed by atoms with E-state index in [1.54, 1.807) is 17.6 Å². The van der Waals surface area contributed by atoms with E-state index >= 15 is 0 Å². The zero-order valence-corrected chi connectivity index (χ0v) is 15.1. The van der Waals surface area contributed by atoms with Crippen molar-refractivity contribution >= 4 is 17.2 Å². The van der Waals surface area contributed by atoms with Crippen LogP contribution < -0.4 is 5.32 Å². The second kappa shape index (κ2) is 5.85. The van der Waals surface area contributed by atoms with Gasteiger partial charge in [-0.25, -0.2) is 4.98 Å². The van der Waals surface area contributed by atoms with E-state index < -0.39 is 5.41 Å². The molecule has 4 nitrogen and oxygen atoms in total. The first-order valence-corrected chi connectivity index (χ1v) is 9.23. The van der Waals surface area contributed by atoms with Crippen molar-refractivity contribution in [2.75, 3.05) is 0 Å². The molecule has 1 N–H and O–H groups in total. The first-order valence-electron chi connectivity index (χ1n) is 8.35. The number of oxazole rings is 1. The predicted molar refractivity (Wildman–Crippen MR) is 98.2 cm³/mol. The third-order valence-corrected chi connectivity index (χ3v) is 6.10. The number of aromatic nitrogens is 1. The van der Waals surface area contributed by atoms with Gasteiger partial charge in [0.05, 0.1) is 17.7 Å². The van der Waals surface area contributed by atoms with Gasteiger partial charge in [0.15, 0.2) is 0 Å². The van der Waals surface area contributed by atoms with Crippen LogP contribution in [0.1, 0.15) is 30.8 Å². The molecule has 4 rings (SSSR count). The van der Waals surface area contributed by atoms with Crippen molar-refractivity contribution in [3.63, 3.8) is 0 Å². The maximum absolute atomic E-state index is 12.9. The summed E-state index contributed by atoms with van der Waals surface area (Å²) in [5, 5.41) is 5.09. The van der Waals surface area contributed by atoms with E-state index in [-0.39, 0.29) is 11.3 Å². The van der Waals surface area contributed by atoms with E-state index in [9.17, 15) is 4.79 Å². The summed E-state index contributed by atoms with van der Waals surface area (Å²) in [6, 6.07) is 13.8. The Morgan fingerprint density at radius 1 is 1.24 bits per heavy atom. The Labute approximate surface area is 150 Å². The van der Waals surface area contributed by atoms with E-state index in [4.69, 9.17) is 4.42 Å². The molecular formula is C20H20N2O2S. The minimum absolute atomic E-state index is 0.0129. The lowest BCUT2D eigenvalue weighted by Crippen LogP contribution is -2.37. The fourth-order valence-electron chi connectivity index (χ4n) is 3.48. The maximum Gasteiger partial charge on any atom is 0.232 e. The van der Waals surface area contributed by atoms with Crippen molar-refractivity contribution < 1.29 is 9.21 Å². The van der Waals surface area contributed by atoms with Crippen LogP contribution >= 0.6 is 11.3 Å². The predicted octanol–water partition coefficient (Wildman–Crippen LogP) is 4.39. The molecule has 128 valence electrons. The highest BCUT2D eigenvalue weighted by atomic mass is 32.1. The molecule has 0 aliphatic heterocycles. The number of thiophene rings is 1. The monoisotopic (exact) mass is 352 g/mol. The zero-order chi connectivity index (χ0) is 17.5. The van der Waals surface area contributed by atoms with Crippen LogP contribution in [0.3, 0.4) is 0 Å². The van der Waals surface area contributed by atoms with Crippen LogP contribution in [-0.2, 0) is 16.8 Å². The Bertz CT molecular complexity index is 884. The fraction of sp³-hybridized carbons (Fsp3) is 0.300. The summed E-state index contributed by atoms with van der Waals surface area (Å²) in [6.07, 6.45) is 2.49. The minimum Gasteiger partial charge on any atom is -0.444 e. The maximum atomic E-state index is 12.9. The summed E-state index contributed by atoms with van der Waals surface area (Å²) >= 11 is 1.65. The Hall–Kier alpha value is -2.40. The molecule has 1 saturated carbocycles. The highest BCUT2D eigenvalue weighted by molar-refractivity contribution is 7.10. The number of rotatable bonds is 5. The van der Waals surface area contributed by atoms with Crippen LogP contribution in [0.2, 0.25) is 0 Å². The van der Waals surface area contributed by atoms with Crippen LogP contribution in [0.25, 0.3) is 11.5 Å². The highest BCUT2D eigenvalue weighted by Crippen LogP contribution is 2.65. The molecule has 1 fully saturated rings. The normalized spacial score (nSPS) is 21.0. The SMILES string of the molecule is CC1(C)CC1(C(=O)NCc1coc(-c2ccccc2)n1)c1cccs1. The molecule has 2 heterocycles. The third kappa shape index (κ3) is 2.68. The quantitative estimate of drug-likeness (QED) is 0.741. The van der Waals surface area contributed by atoms with Gasteiger partial charge in [0.2, 0.25) is 11.8 Å². The van der Waals surface area contributed by atoms with Gasteiger partial charge in [-0.1, -0.05) is 38.1 Å². The van der Waals surface area contributed by atoms with Crippen molar-refractivity contribution in [3.05, 3.63) is 64.7 Å². The summed E-state index contributed by atoms with van der Waals surface area (Å²) in [4.78, 5) is 18.5. The van der Waals surface area contributed by atoms with E-state index in [0.717, 1.165) is 22.6 Å². The van der Waals surface area contributed by atoms with E-state index in [1.165, 1.54) is 0 Å². The van der Waals surface area contributed by atoms with Crippen molar-refractivity contribution in [1.29, 1.82) is 0 Å². The lowest BCUT2D eigenvalue weighted by atomic mass is 9.93. The molecule has 5 heteroatoms. The Kier molecular flexibility index (Phi) is 3.76. The van der Waals surface area contributed by atoms with Crippen molar-refractivity contribution in [2.45, 2.75) is 32.2 Å². The van der Waals surface area contributed by atoms with Crippen LogP contribution in [0.4, 0.5) is 0 Å². The summed E-state index contributed by atoms with van der Waals surface area (Å²) in [5.41, 5.74) is 1.24. The number of nitrogens with zero attached hydrogens (tertiary/aromatic N) is 1. The second-order valence-electron chi connectivity index (χ2n) is 7.14. The Morgan fingerprint density at radius 3 is 2.64 bits per heavy atom. The van der Waals surface area contributed by atoms with Crippen LogP contribution in [-0.4, -0.2) is 10.9 Å². The molecule has 1 amide bonds. The number of carbonyl (C=O) groups excluding carboxylic acids is 1. The van der Waals surface area contributed by atoms with Crippen molar-refractivity contribution in [2.24, 2.45) is 5.41 Å². The number of nitrogens with one attached hydrogen (secondary N) is 1. The van der Waals surface area contributed by atoms with E-state index in [2.05, 4.69) is 30.2 Å². The van der Waals surface area contributed by atoms with Crippen LogP contribution in [0.5, 0.6) is 0 Å². The summed E-state index contributed by atoms with van der Waals surface area (Å²) in [7, 11) is 0. The lowest BCUT2D eigenvalue weighted by Gasteiger charge is -2.18. The van der Waals surface area contributed by atoms with Crippen molar-refractivity contribution in [1.82, 2.24) is 10.3 Å². The van der Waals surface area contributed by atoms with Gasteiger partial charge in [-0.3, -0.25) is 4.79 Å². The molecule has 0 saturated heterocycles. The largest absolute Gasteiger partial charge is 0.444 e. The Balaban J connectivity index is 1.47. The lowest BCUT2D eigenvalue weighted by molar-refractivity contribution is -0.124. The first kappa shape index (κ1) is 16.1. The van der Waals surface area contributed by atoms with Crippen LogP contribution in [0, 0.1) is 5.41 Å². The standard InChI is InChI=1S/C20H20N2O2S/c1-19(2)13-20(19,16-9-6-10-25-16)18(23)21-11-15-12-24-17(22-15)14-7-4-3-5-8-14/h3-10,12H,11,13H2,1-2H3,(H,21,23). The van der Waals surface area contributed by atoms with Crippen LogP contribution in [0.15, 0.2) is 58.5 Å². The molecular weight excluding hydrogens is 332 g/mol. The molecule has 1 aromatic carbocycles. The molecule has 3 aromatic rings. The van der Waals surface area contributed by atoms with Gasteiger partial charge in [-0.2, -0.15) is 0 Å². The number of hydrogen-bond acceptors (Lipinski definition) is 4. The molecule has 1 aliphatic rings. The average Bonchev–Trinajstić information content (AvgIpc) is 3.08. The first-order chi connectivity index (χ1) is 12.0. The molecule has 1 atom stereocenters. The number of hydrogen-bond donors (Lipinski definition) is 1. The van der Waals surface area contributed by atoms with Gasteiger partial charge in [0.1, 0.15) is 6.26 Å². The molecule has 2 aromatic heterocycles. The van der Waals surface area contributed by atoms with Crippen molar-refractivity contribution in [3.8, 4) is 11.5 Å². The smallest absolute Gasteiger partial charge is 0.232 e. The average molecular weight is 352 g/mol. The molecule has 0 spiro atoms. The number of amides is 1. The van der Waals surface area contributed by atoms with Gasteiger partial charge >= 0.3 is 0 Å². The number of benzene rings is 1. The molecule has 1 unspecified atom stereocenters. The zero-order valence-electron chi connectivity index (χ0n) is 14.3. The second-order valence-corrected chi connectivity index (χ2v) is 8.08. The van der Waals surface area contributed by atoms with Gasteiger partial charge in [0, 0.05) is 10.4 Å². The number of carbonyl (C=O) groups is 1. The summed E-state index contributed by atoms with van der Waals surface area (Å²) < 4.78 is 5.54. The molecule has 0 radical (unpaired) electrons. The topological polar surface area (TPSA) is 55.1 Å². The Morgan fingerprint density at radius 2 is 2.00 bits per heavy atom. The highest BCUT2D eigenvalue weighted by Gasteiger charge is 2.67. The summed E-state index contributed by atoms with van der Waals surface area (Å²) in [5.74, 6) is 0.647. The van der Waals surface area contributed by atoms with Gasteiger partial charge in [0.25, 0.3) is 0 Å².